The van der Waals surface area contributed by atoms with Crippen molar-refractivity contribution in [1.82, 2.24) is 0 Å². The van der Waals surface area contributed by atoms with Crippen LogP contribution < -0.4 is 0 Å². The maximum absolute atomic E-state index is 11.3. The molecule has 4 nitrogen and oxygen atoms in total. The van der Waals surface area contributed by atoms with Gasteiger partial charge in [-0.2, -0.15) is 0 Å². The minimum absolute atomic E-state index is 0.0520. The van der Waals surface area contributed by atoms with Crippen LogP contribution in [0, 0.1) is 0 Å². The van der Waals surface area contributed by atoms with Gasteiger partial charge in [-0.3, -0.25) is 4.79 Å². The third-order valence-corrected chi connectivity index (χ3v) is 2.76. The molecule has 4 heteroatoms. The zero-order valence-corrected chi connectivity index (χ0v) is 10.9. The molecule has 2 unspecified atom stereocenters. The van der Waals surface area contributed by atoms with Crippen molar-refractivity contribution in [2.24, 2.45) is 0 Å². The first-order valence-electron chi connectivity index (χ1n) is 6.63. The Morgan fingerprint density at radius 3 is 2.53 bits per heavy atom. The van der Waals surface area contributed by atoms with E-state index in [0.717, 1.165) is 25.9 Å². The van der Waals surface area contributed by atoms with Crippen LogP contribution in [0.5, 0.6) is 0 Å². The van der Waals surface area contributed by atoms with E-state index in [-0.39, 0.29) is 18.0 Å². The van der Waals surface area contributed by atoms with Crippen LogP contribution in [0.25, 0.3) is 0 Å². The third kappa shape index (κ3) is 5.15. The molecule has 0 radical (unpaired) electrons. The van der Waals surface area contributed by atoms with E-state index in [1.165, 1.54) is 0 Å². The Labute approximate surface area is 104 Å². The van der Waals surface area contributed by atoms with Crippen molar-refractivity contribution in [2.75, 3.05) is 26.4 Å². The van der Waals surface area contributed by atoms with Crippen LogP contribution in [0.4, 0.5) is 0 Å². The smallest absolute Gasteiger partial charge is 0.166 e. The molecule has 1 aliphatic rings. The van der Waals surface area contributed by atoms with Crippen molar-refractivity contribution in [1.29, 1.82) is 0 Å². The van der Waals surface area contributed by atoms with Gasteiger partial charge in [0.05, 0.1) is 19.3 Å². The number of Topliss-reactive ketones (excluding diaryl/α,β-unsaturated/α-hetero) is 1. The normalized spacial score (nSPS) is 23.8. The second kappa shape index (κ2) is 8.61. The van der Waals surface area contributed by atoms with Gasteiger partial charge in [-0.05, 0) is 12.8 Å². The van der Waals surface area contributed by atoms with E-state index in [0.29, 0.717) is 26.2 Å². The molecule has 0 aliphatic heterocycles. The van der Waals surface area contributed by atoms with Crippen LogP contribution in [0.2, 0.25) is 0 Å². The summed E-state index contributed by atoms with van der Waals surface area (Å²) in [6.07, 6.45) is 3.27. The summed E-state index contributed by atoms with van der Waals surface area (Å²) >= 11 is 0. The largest absolute Gasteiger partial charge is 0.379 e. The second-order valence-corrected chi connectivity index (χ2v) is 4.34. The highest BCUT2D eigenvalue weighted by molar-refractivity contribution is 5.90. The second-order valence-electron chi connectivity index (χ2n) is 4.34. The third-order valence-electron chi connectivity index (χ3n) is 2.76. The predicted octanol–water partition coefficient (Wildman–Crippen LogP) is 1.96. The highest BCUT2D eigenvalue weighted by Crippen LogP contribution is 2.22. The number of ether oxygens (including phenoxy) is 3. The molecule has 0 spiro atoms. The maximum Gasteiger partial charge on any atom is 0.166 e. The molecule has 100 valence electrons. The van der Waals surface area contributed by atoms with Crippen LogP contribution in [0.15, 0.2) is 0 Å². The summed E-state index contributed by atoms with van der Waals surface area (Å²) in [6, 6.07) is 0. The van der Waals surface area contributed by atoms with Crippen LogP contribution in [-0.2, 0) is 19.0 Å². The average Bonchev–Trinajstić information content (AvgIpc) is 2.32. The van der Waals surface area contributed by atoms with E-state index in [2.05, 4.69) is 6.92 Å². The number of hydrogen-bond donors (Lipinski definition) is 0. The molecule has 17 heavy (non-hydrogen) atoms. The standard InChI is InChI=1S/C13H24O4/c1-3-5-7-15-8-9-16-12-10-11(14)13(12)17-6-4-2/h12-13H,3-10H2,1-2H3. The molecule has 0 aromatic rings. The molecule has 1 aliphatic carbocycles. The molecule has 0 N–H and O–H groups in total. The number of ketones is 1. The maximum atomic E-state index is 11.3. The Morgan fingerprint density at radius 2 is 1.88 bits per heavy atom. The van der Waals surface area contributed by atoms with E-state index in [9.17, 15) is 4.79 Å². The van der Waals surface area contributed by atoms with Crippen molar-refractivity contribution in [3.05, 3.63) is 0 Å². The quantitative estimate of drug-likeness (QED) is 0.551. The number of carbonyl (C=O) groups excluding carboxylic acids is 1. The molecular formula is C13H24O4. The number of hydrogen-bond acceptors (Lipinski definition) is 4. The zero-order chi connectivity index (χ0) is 12.5. The highest BCUT2D eigenvalue weighted by Gasteiger charge is 2.41. The summed E-state index contributed by atoms with van der Waals surface area (Å²) in [5.41, 5.74) is 0. The Morgan fingerprint density at radius 1 is 1.06 bits per heavy atom. The molecule has 1 rings (SSSR count). The summed E-state index contributed by atoms with van der Waals surface area (Å²) < 4.78 is 16.4. The summed E-state index contributed by atoms with van der Waals surface area (Å²) in [6.45, 7) is 6.73. The predicted molar refractivity (Wildman–Crippen MR) is 65.1 cm³/mol. The lowest BCUT2D eigenvalue weighted by Crippen LogP contribution is -2.50. The first-order chi connectivity index (χ1) is 8.29. The van der Waals surface area contributed by atoms with Gasteiger partial charge in [0.2, 0.25) is 0 Å². The summed E-state index contributed by atoms with van der Waals surface area (Å²) in [4.78, 5) is 11.3. The van der Waals surface area contributed by atoms with Crippen molar-refractivity contribution in [3.8, 4) is 0 Å². The van der Waals surface area contributed by atoms with Gasteiger partial charge in [0, 0.05) is 19.6 Å². The van der Waals surface area contributed by atoms with Crippen molar-refractivity contribution in [3.63, 3.8) is 0 Å². The first-order valence-corrected chi connectivity index (χ1v) is 6.63. The van der Waals surface area contributed by atoms with Gasteiger partial charge in [-0.1, -0.05) is 20.3 Å². The molecule has 1 fully saturated rings. The van der Waals surface area contributed by atoms with Gasteiger partial charge in [-0.25, -0.2) is 0 Å². The Bertz CT molecular complexity index is 217. The Hall–Kier alpha value is -0.450. The van der Waals surface area contributed by atoms with E-state index in [4.69, 9.17) is 14.2 Å². The summed E-state index contributed by atoms with van der Waals surface area (Å²) in [7, 11) is 0. The van der Waals surface area contributed by atoms with E-state index in [1.807, 2.05) is 6.92 Å². The molecule has 0 heterocycles. The van der Waals surface area contributed by atoms with Crippen molar-refractivity contribution >= 4 is 5.78 Å². The van der Waals surface area contributed by atoms with Crippen LogP contribution in [0.3, 0.4) is 0 Å². The monoisotopic (exact) mass is 244 g/mol. The number of rotatable bonds is 10. The van der Waals surface area contributed by atoms with Gasteiger partial charge in [0.15, 0.2) is 5.78 Å². The topological polar surface area (TPSA) is 44.8 Å². The zero-order valence-electron chi connectivity index (χ0n) is 10.9. The molecular weight excluding hydrogens is 220 g/mol. The fraction of sp³-hybridized carbons (Fsp3) is 0.923. The fourth-order valence-electron chi connectivity index (χ4n) is 1.67. The van der Waals surface area contributed by atoms with E-state index < -0.39 is 0 Å². The van der Waals surface area contributed by atoms with Crippen LogP contribution in [0.1, 0.15) is 39.5 Å². The van der Waals surface area contributed by atoms with Gasteiger partial charge in [0.25, 0.3) is 0 Å². The lowest BCUT2D eigenvalue weighted by Gasteiger charge is -2.34. The van der Waals surface area contributed by atoms with E-state index >= 15 is 0 Å². The molecule has 0 bridgehead atoms. The Kier molecular flexibility index (Phi) is 7.40. The van der Waals surface area contributed by atoms with Crippen LogP contribution >= 0.6 is 0 Å². The minimum atomic E-state index is -0.328. The average molecular weight is 244 g/mol. The van der Waals surface area contributed by atoms with Crippen molar-refractivity contribution in [2.45, 2.75) is 51.7 Å². The number of unbranched alkanes of at least 4 members (excludes halogenated alkanes) is 1. The number of carbonyl (C=O) groups is 1. The van der Waals surface area contributed by atoms with Gasteiger partial charge >= 0.3 is 0 Å². The highest BCUT2D eigenvalue weighted by atomic mass is 16.6. The molecule has 0 amide bonds. The van der Waals surface area contributed by atoms with Gasteiger partial charge in [-0.15, -0.1) is 0 Å². The molecule has 0 aromatic heterocycles. The summed E-state index contributed by atoms with van der Waals surface area (Å²) in [5.74, 6) is 0.162. The van der Waals surface area contributed by atoms with Gasteiger partial charge < -0.3 is 14.2 Å². The fourth-order valence-corrected chi connectivity index (χ4v) is 1.67. The molecule has 2 atom stereocenters. The Balaban J connectivity index is 2.01. The summed E-state index contributed by atoms with van der Waals surface area (Å²) in [5, 5.41) is 0. The van der Waals surface area contributed by atoms with E-state index in [1.54, 1.807) is 0 Å². The van der Waals surface area contributed by atoms with Gasteiger partial charge in [0.1, 0.15) is 6.10 Å². The molecule has 0 aromatic carbocycles. The molecule has 1 saturated carbocycles. The lowest BCUT2D eigenvalue weighted by molar-refractivity contribution is -0.167. The van der Waals surface area contributed by atoms with Crippen LogP contribution in [-0.4, -0.2) is 44.4 Å². The molecule has 0 saturated heterocycles. The lowest BCUT2D eigenvalue weighted by atomic mass is 9.90. The van der Waals surface area contributed by atoms with Crippen molar-refractivity contribution < 1.29 is 19.0 Å². The first kappa shape index (κ1) is 14.6. The minimum Gasteiger partial charge on any atom is -0.379 e. The SMILES string of the molecule is CCCCOCCOC1CC(=O)C1OCCC.